The number of hydrogen-bond donors (Lipinski definition) is 1. The summed E-state index contributed by atoms with van der Waals surface area (Å²) in [7, 11) is 0. The Morgan fingerprint density at radius 1 is 1.23 bits per heavy atom. The number of hydrogen-bond acceptors (Lipinski definition) is 3. The van der Waals surface area contributed by atoms with Gasteiger partial charge in [-0.15, -0.1) is 0 Å². The summed E-state index contributed by atoms with van der Waals surface area (Å²) in [5.41, 5.74) is 1.25. The van der Waals surface area contributed by atoms with Crippen molar-refractivity contribution >= 4 is 11.6 Å². The minimum absolute atomic E-state index is 0.0198. The van der Waals surface area contributed by atoms with Crippen molar-refractivity contribution in [3.8, 4) is 5.88 Å². The minimum Gasteiger partial charge on any atom is -0.474 e. The Morgan fingerprint density at radius 2 is 2.00 bits per heavy atom. The van der Waals surface area contributed by atoms with Crippen molar-refractivity contribution in [2.45, 2.75) is 18.9 Å². The summed E-state index contributed by atoms with van der Waals surface area (Å²) < 4.78 is 18.8. The second-order valence-corrected chi connectivity index (χ2v) is 6.05. The average Bonchev–Trinajstić information content (AvgIpc) is 3.00. The van der Waals surface area contributed by atoms with Gasteiger partial charge in [-0.1, -0.05) is 23.7 Å². The summed E-state index contributed by atoms with van der Waals surface area (Å²) in [5, 5.41) is 4.16. The quantitative estimate of drug-likeness (QED) is 0.934. The summed E-state index contributed by atoms with van der Waals surface area (Å²) in [6, 6.07) is 10.9. The molecular formula is C17H18ClFN2O. The molecule has 22 heavy (non-hydrogen) atoms. The van der Waals surface area contributed by atoms with E-state index in [-0.39, 0.29) is 11.9 Å². The Kier molecular flexibility index (Phi) is 4.60. The van der Waals surface area contributed by atoms with E-state index in [9.17, 15) is 4.39 Å². The van der Waals surface area contributed by atoms with Crippen molar-refractivity contribution < 1.29 is 9.13 Å². The molecule has 0 bridgehead atoms. The van der Waals surface area contributed by atoms with E-state index in [4.69, 9.17) is 16.3 Å². The number of halogens is 2. The summed E-state index contributed by atoms with van der Waals surface area (Å²) in [4.78, 5) is 3.96. The lowest BCUT2D eigenvalue weighted by Crippen LogP contribution is -2.29. The van der Waals surface area contributed by atoms with Gasteiger partial charge in [0.1, 0.15) is 11.9 Å². The normalized spacial score (nSPS) is 22.5. The largest absolute Gasteiger partial charge is 0.474 e. The van der Waals surface area contributed by atoms with Crippen molar-refractivity contribution in [2.75, 3.05) is 13.1 Å². The molecule has 1 aromatic carbocycles. The Hall–Kier alpha value is -1.65. The maximum atomic E-state index is 12.9. The van der Waals surface area contributed by atoms with Crippen LogP contribution >= 0.6 is 11.6 Å². The fourth-order valence-corrected chi connectivity index (χ4v) is 3.10. The summed E-state index contributed by atoms with van der Waals surface area (Å²) in [6.07, 6.45) is 1.15. The van der Waals surface area contributed by atoms with Gasteiger partial charge < -0.3 is 10.1 Å². The molecular weight excluding hydrogens is 303 g/mol. The highest BCUT2D eigenvalue weighted by Gasteiger charge is 2.33. The van der Waals surface area contributed by atoms with E-state index in [1.165, 1.54) is 17.8 Å². The van der Waals surface area contributed by atoms with Crippen molar-refractivity contribution in [3.05, 3.63) is 59.0 Å². The van der Waals surface area contributed by atoms with Crippen LogP contribution in [0.3, 0.4) is 0 Å². The summed E-state index contributed by atoms with van der Waals surface area (Å²) >= 11 is 5.96. The van der Waals surface area contributed by atoms with E-state index in [1.54, 1.807) is 6.07 Å². The van der Waals surface area contributed by atoms with Crippen LogP contribution < -0.4 is 10.1 Å². The van der Waals surface area contributed by atoms with Crippen molar-refractivity contribution in [1.29, 1.82) is 0 Å². The minimum atomic E-state index is -0.360. The van der Waals surface area contributed by atoms with Crippen LogP contribution in [0.5, 0.6) is 5.88 Å². The number of rotatable bonds is 4. The van der Waals surface area contributed by atoms with Crippen LogP contribution in [0.25, 0.3) is 0 Å². The first-order valence-corrected chi connectivity index (χ1v) is 7.75. The molecule has 116 valence electrons. The molecule has 3 rings (SSSR count). The number of benzene rings is 1. The van der Waals surface area contributed by atoms with Crippen molar-refractivity contribution in [3.63, 3.8) is 0 Å². The molecule has 5 heteroatoms. The molecule has 1 aliphatic rings. The van der Waals surface area contributed by atoms with E-state index in [0.717, 1.165) is 18.1 Å². The topological polar surface area (TPSA) is 34.1 Å². The van der Waals surface area contributed by atoms with Gasteiger partial charge in [-0.25, -0.2) is 9.37 Å². The lowest BCUT2D eigenvalue weighted by Gasteiger charge is -2.25. The lowest BCUT2D eigenvalue weighted by molar-refractivity contribution is 0.145. The van der Waals surface area contributed by atoms with Crippen molar-refractivity contribution in [1.82, 2.24) is 10.3 Å². The van der Waals surface area contributed by atoms with Crippen LogP contribution in [0.4, 0.5) is 4.39 Å². The molecule has 1 saturated heterocycles. The van der Waals surface area contributed by atoms with E-state index >= 15 is 0 Å². The monoisotopic (exact) mass is 320 g/mol. The van der Waals surface area contributed by atoms with Gasteiger partial charge >= 0.3 is 0 Å². The first kappa shape index (κ1) is 15.3. The van der Waals surface area contributed by atoms with Crippen molar-refractivity contribution in [2.24, 2.45) is 5.92 Å². The SMILES string of the molecule is C[C@H](Oc1ccc(F)cn1)[C@H]1CNC[C@@H]1c1ccc(Cl)cc1. The molecule has 1 aromatic heterocycles. The van der Waals surface area contributed by atoms with Crippen LogP contribution in [0.1, 0.15) is 18.4 Å². The number of nitrogens with zero attached hydrogens (tertiary/aromatic N) is 1. The number of aromatic nitrogens is 1. The molecule has 1 aliphatic heterocycles. The molecule has 2 aromatic rings. The second-order valence-electron chi connectivity index (χ2n) is 5.62. The molecule has 1 fully saturated rings. The molecule has 3 nitrogen and oxygen atoms in total. The Balaban J connectivity index is 1.71. The van der Waals surface area contributed by atoms with Crippen LogP contribution in [-0.4, -0.2) is 24.2 Å². The van der Waals surface area contributed by atoms with Crippen LogP contribution in [-0.2, 0) is 0 Å². The first-order valence-electron chi connectivity index (χ1n) is 7.38. The zero-order valence-corrected chi connectivity index (χ0v) is 13.1. The van der Waals surface area contributed by atoms with Gasteiger partial charge in [-0.05, 0) is 30.7 Å². The van der Waals surface area contributed by atoms with Gasteiger partial charge in [0.2, 0.25) is 5.88 Å². The third-order valence-corrected chi connectivity index (χ3v) is 4.42. The Morgan fingerprint density at radius 3 is 2.68 bits per heavy atom. The third kappa shape index (κ3) is 3.39. The van der Waals surface area contributed by atoms with Crippen LogP contribution in [0, 0.1) is 11.7 Å². The number of nitrogens with one attached hydrogen (secondary N) is 1. The molecule has 2 heterocycles. The number of pyridine rings is 1. The number of ether oxygens (including phenoxy) is 1. The fourth-order valence-electron chi connectivity index (χ4n) is 2.98. The predicted octanol–water partition coefficient (Wildman–Crippen LogP) is 3.64. The highest BCUT2D eigenvalue weighted by atomic mass is 35.5. The van der Waals surface area contributed by atoms with Gasteiger partial charge in [0.25, 0.3) is 0 Å². The molecule has 3 atom stereocenters. The van der Waals surface area contributed by atoms with Gasteiger partial charge in [-0.2, -0.15) is 0 Å². The zero-order valence-electron chi connectivity index (χ0n) is 12.3. The van der Waals surface area contributed by atoms with E-state index in [0.29, 0.717) is 17.7 Å². The molecule has 0 radical (unpaired) electrons. The van der Waals surface area contributed by atoms with E-state index < -0.39 is 0 Å². The fraction of sp³-hybridized carbons (Fsp3) is 0.353. The average molecular weight is 321 g/mol. The highest BCUT2D eigenvalue weighted by Crippen LogP contribution is 2.32. The van der Waals surface area contributed by atoms with E-state index in [1.807, 2.05) is 19.1 Å². The second kappa shape index (κ2) is 6.63. The molecule has 1 N–H and O–H groups in total. The maximum absolute atomic E-state index is 12.9. The summed E-state index contributed by atoms with van der Waals surface area (Å²) in [6.45, 7) is 3.83. The van der Waals surface area contributed by atoms with Crippen LogP contribution in [0.15, 0.2) is 42.6 Å². The molecule has 0 amide bonds. The lowest BCUT2D eigenvalue weighted by atomic mass is 9.86. The summed E-state index contributed by atoms with van der Waals surface area (Å²) in [5.74, 6) is 0.790. The zero-order chi connectivity index (χ0) is 15.5. The van der Waals surface area contributed by atoms with Gasteiger partial charge in [0.05, 0.1) is 6.20 Å². The first-order chi connectivity index (χ1) is 10.6. The molecule has 0 saturated carbocycles. The van der Waals surface area contributed by atoms with Crippen LogP contribution in [0.2, 0.25) is 5.02 Å². The smallest absolute Gasteiger partial charge is 0.213 e. The highest BCUT2D eigenvalue weighted by molar-refractivity contribution is 6.30. The molecule has 0 spiro atoms. The molecule has 0 aliphatic carbocycles. The standard InChI is InChI=1S/C17H18ClFN2O/c1-11(22-17-7-6-14(19)8-21-17)15-9-20-10-16(15)12-2-4-13(18)5-3-12/h2-8,11,15-16,20H,9-10H2,1H3/t11-,15+,16+/m0/s1. The maximum Gasteiger partial charge on any atom is 0.213 e. The molecule has 0 unspecified atom stereocenters. The van der Waals surface area contributed by atoms with Gasteiger partial charge in [0, 0.05) is 36.0 Å². The van der Waals surface area contributed by atoms with Gasteiger partial charge in [-0.3, -0.25) is 0 Å². The third-order valence-electron chi connectivity index (χ3n) is 4.17. The van der Waals surface area contributed by atoms with E-state index in [2.05, 4.69) is 22.4 Å². The predicted molar refractivity (Wildman–Crippen MR) is 84.8 cm³/mol. The van der Waals surface area contributed by atoms with Gasteiger partial charge in [0.15, 0.2) is 0 Å². The Labute approximate surface area is 134 Å². The Bertz CT molecular complexity index is 618.